The fraction of sp³-hybridized carbons (Fsp3) is 0.296. The molecule has 1 amide bonds. The molecule has 0 bridgehead atoms. The summed E-state index contributed by atoms with van der Waals surface area (Å²) in [5.74, 6) is 0.572. The van der Waals surface area contributed by atoms with Crippen LogP contribution in [0, 0.1) is 11.3 Å². The molecule has 6 heteroatoms. The van der Waals surface area contributed by atoms with Crippen molar-refractivity contribution in [1.29, 1.82) is 5.26 Å². The fourth-order valence-corrected chi connectivity index (χ4v) is 3.96. The summed E-state index contributed by atoms with van der Waals surface area (Å²) in [6, 6.07) is 19.6. The van der Waals surface area contributed by atoms with Crippen LogP contribution in [-0.2, 0) is 4.79 Å². The predicted octanol–water partition coefficient (Wildman–Crippen LogP) is 5.25. The molecule has 0 aliphatic carbocycles. The number of ether oxygens (including phenoxy) is 1. The SMILES string of the molecule is CC(C)Oc1ccc(-c2nn(-c3ccccc3)cc2C=C(C#N)C(=O)N2CCCCC2)cc1. The number of likely N-dealkylation sites (tertiary alicyclic amines) is 1. The van der Waals surface area contributed by atoms with Crippen LogP contribution in [-0.4, -0.2) is 39.8 Å². The van der Waals surface area contributed by atoms with Crippen molar-refractivity contribution < 1.29 is 9.53 Å². The molecule has 0 radical (unpaired) electrons. The molecule has 0 spiro atoms. The summed E-state index contributed by atoms with van der Waals surface area (Å²) in [5, 5.41) is 14.6. The van der Waals surface area contributed by atoms with E-state index in [4.69, 9.17) is 9.84 Å². The lowest BCUT2D eigenvalue weighted by Gasteiger charge is -2.26. The summed E-state index contributed by atoms with van der Waals surface area (Å²) in [7, 11) is 0. The lowest BCUT2D eigenvalue weighted by molar-refractivity contribution is -0.127. The van der Waals surface area contributed by atoms with E-state index in [0.717, 1.165) is 41.8 Å². The summed E-state index contributed by atoms with van der Waals surface area (Å²) < 4.78 is 7.54. The van der Waals surface area contributed by atoms with Crippen LogP contribution in [0.15, 0.2) is 66.4 Å². The molecule has 0 N–H and O–H groups in total. The summed E-state index contributed by atoms with van der Waals surface area (Å²) >= 11 is 0. The van der Waals surface area contributed by atoms with Crippen LogP contribution in [0.25, 0.3) is 23.0 Å². The van der Waals surface area contributed by atoms with Crippen molar-refractivity contribution >= 4 is 12.0 Å². The molecule has 1 aliphatic rings. The molecule has 0 unspecified atom stereocenters. The molecule has 1 aliphatic heterocycles. The monoisotopic (exact) mass is 440 g/mol. The molecule has 1 saturated heterocycles. The molecule has 0 saturated carbocycles. The molecule has 1 aromatic heterocycles. The second-order valence-electron chi connectivity index (χ2n) is 8.43. The van der Waals surface area contributed by atoms with Gasteiger partial charge in [-0.1, -0.05) is 18.2 Å². The van der Waals surface area contributed by atoms with Crippen molar-refractivity contribution in [1.82, 2.24) is 14.7 Å². The second kappa shape index (κ2) is 10.2. The van der Waals surface area contributed by atoms with Crippen molar-refractivity contribution in [3.63, 3.8) is 0 Å². The Labute approximate surface area is 194 Å². The van der Waals surface area contributed by atoms with Crippen LogP contribution in [0.2, 0.25) is 0 Å². The Morgan fingerprint density at radius 2 is 1.76 bits per heavy atom. The first kappa shape index (κ1) is 22.3. The number of hydrogen-bond donors (Lipinski definition) is 0. The minimum atomic E-state index is -0.212. The standard InChI is InChI=1S/C27H28N4O2/c1-20(2)33-25-13-11-21(12-14-25)26-23(19-31(29-26)24-9-5-3-6-10-24)17-22(18-28)27(32)30-15-7-4-8-16-30/h3,5-6,9-14,17,19-20H,4,7-8,15-16H2,1-2H3. The highest BCUT2D eigenvalue weighted by molar-refractivity contribution is 6.02. The van der Waals surface area contributed by atoms with Crippen LogP contribution >= 0.6 is 0 Å². The molecule has 168 valence electrons. The van der Waals surface area contributed by atoms with Crippen molar-refractivity contribution in [2.45, 2.75) is 39.2 Å². The number of carbonyl (C=O) groups excluding carboxylic acids is 1. The zero-order valence-electron chi connectivity index (χ0n) is 19.1. The van der Waals surface area contributed by atoms with E-state index in [1.807, 2.05) is 74.6 Å². The van der Waals surface area contributed by atoms with E-state index in [0.29, 0.717) is 18.8 Å². The van der Waals surface area contributed by atoms with Crippen LogP contribution < -0.4 is 4.74 Å². The van der Waals surface area contributed by atoms with E-state index in [9.17, 15) is 10.1 Å². The largest absolute Gasteiger partial charge is 0.491 e. The number of para-hydroxylation sites is 1. The number of amides is 1. The maximum Gasteiger partial charge on any atom is 0.264 e. The van der Waals surface area contributed by atoms with E-state index in [1.165, 1.54) is 0 Å². The zero-order chi connectivity index (χ0) is 23.2. The fourth-order valence-electron chi connectivity index (χ4n) is 3.96. The van der Waals surface area contributed by atoms with Gasteiger partial charge in [-0.15, -0.1) is 0 Å². The van der Waals surface area contributed by atoms with Crippen LogP contribution in [0.1, 0.15) is 38.7 Å². The molecule has 6 nitrogen and oxygen atoms in total. The minimum Gasteiger partial charge on any atom is -0.491 e. The van der Waals surface area contributed by atoms with Crippen molar-refractivity contribution in [2.24, 2.45) is 0 Å². The molecule has 0 atom stereocenters. The number of piperidine rings is 1. The third-order valence-electron chi connectivity index (χ3n) is 5.56. The minimum absolute atomic E-state index is 0.0885. The van der Waals surface area contributed by atoms with Gasteiger partial charge in [0.05, 0.1) is 17.5 Å². The van der Waals surface area contributed by atoms with E-state index in [2.05, 4.69) is 6.07 Å². The normalized spacial score (nSPS) is 14.2. The van der Waals surface area contributed by atoms with E-state index < -0.39 is 0 Å². The van der Waals surface area contributed by atoms with Crippen molar-refractivity contribution in [2.75, 3.05) is 13.1 Å². The maximum absolute atomic E-state index is 13.0. The number of nitriles is 1. The quantitative estimate of drug-likeness (QED) is 0.388. The van der Waals surface area contributed by atoms with E-state index in [1.54, 1.807) is 15.7 Å². The zero-order valence-corrected chi connectivity index (χ0v) is 19.1. The van der Waals surface area contributed by atoms with Crippen LogP contribution in [0.3, 0.4) is 0 Å². The number of hydrogen-bond acceptors (Lipinski definition) is 4. The van der Waals surface area contributed by atoms with Gasteiger partial charge in [0.2, 0.25) is 0 Å². The average Bonchev–Trinajstić information content (AvgIpc) is 3.27. The Kier molecular flexibility index (Phi) is 6.89. The first-order valence-electron chi connectivity index (χ1n) is 11.4. The third-order valence-corrected chi connectivity index (χ3v) is 5.56. The van der Waals surface area contributed by atoms with Crippen LogP contribution in [0.5, 0.6) is 5.75 Å². The summed E-state index contributed by atoms with van der Waals surface area (Å²) in [6.45, 7) is 5.37. The average molecular weight is 441 g/mol. The Bertz CT molecular complexity index is 1170. The van der Waals surface area contributed by atoms with E-state index in [-0.39, 0.29) is 17.6 Å². The first-order chi connectivity index (χ1) is 16.0. The van der Waals surface area contributed by atoms with Crippen molar-refractivity contribution in [3.05, 3.63) is 71.9 Å². The number of carbonyl (C=O) groups is 1. The Hall–Kier alpha value is -3.85. The van der Waals surface area contributed by atoms with Gasteiger partial charge in [0.1, 0.15) is 17.4 Å². The number of aromatic nitrogens is 2. The third kappa shape index (κ3) is 5.32. The van der Waals surface area contributed by atoms with Gasteiger partial charge in [-0.05, 0) is 75.6 Å². The predicted molar refractivity (Wildman–Crippen MR) is 129 cm³/mol. The van der Waals surface area contributed by atoms with Gasteiger partial charge < -0.3 is 9.64 Å². The van der Waals surface area contributed by atoms with Gasteiger partial charge in [-0.3, -0.25) is 4.79 Å². The molecule has 2 aromatic carbocycles. The van der Waals surface area contributed by atoms with E-state index >= 15 is 0 Å². The van der Waals surface area contributed by atoms with Gasteiger partial charge in [0.25, 0.3) is 5.91 Å². The Morgan fingerprint density at radius 1 is 1.06 bits per heavy atom. The van der Waals surface area contributed by atoms with Gasteiger partial charge >= 0.3 is 0 Å². The summed E-state index contributed by atoms with van der Waals surface area (Å²) in [5.41, 5.74) is 3.34. The topological polar surface area (TPSA) is 71.1 Å². The Morgan fingerprint density at radius 3 is 2.39 bits per heavy atom. The highest BCUT2D eigenvalue weighted by Gasteiger charge is 2.21. The van der Waals surface area contributed by atoms with Gasteiger partial charge in [-0.2, -0.15) is 10.4 Å². The van der Waals surface area contributed by atoms with Gasteiger partial charge in [0.15, 0.2) is 0 Å². The lowest BCUT2D eigenvalue weighted by atomic mass is 10.0. The summed E-state index contributed by atoms with van der Waals surface area (Å²) in [6.07, 6.45) is 6.70. The number of nitrogens with zero attached hydrogens (tertiary/aromatic N) is 4. The maximum atomic E-state index is 13.0. The first-order valence-corrected chi connectivity index (χ1v) is 11.4. The van der Waals surface area contributed by atoms with Crippen LogP contribution in [0.4, 0.5) is 0 Å². The highest BCUT2D eigenvalue weighted by atomic mass is 16.5. The second-order valence-corrected chi connectivity index (χ2v) is 8.43. The molecule has 1 fully saturated rings. The van der Waals surface area contributed by atoms with Gasteiger partial charge in [-0.25, -0.2) is 4.68 Å². The van der Waals surface area contributed by atoms with Gasteiger partial charge in [0, 0.05) is 30.4 Å². The lowest BCUT2D eigenvalue weighted by Crippen LogP contribution is -2.36. The molecule has 4 rings (SSSR count). The van der Waals surface area contributed by atoms with Crippen molar-refractivity contribution in [3.8, 4) is 28.8 Å². The molecule has 33 heavy (non-hydrogen) atoms. The molecular weight excluding hydrogens is 412 g/mol. The molecule has 3 aromatic rings. The molecular formula is C27H28N4O2. The Balaban J connectivity index is 1.74. The highest BCUT2D eigenvalue weighted by Crippen LogP contribution is 2.28. The summed E-state index contributed by atoms with van der Waals surface area (Å²) in [4.78, 5) is 14.8. The molecule has 2 heterocycles. The number of rotatable bonds is 6. The number of benzene rings is 2. The smallest absolute Gasteiger partial charge is 0.264 e.